The van der Waals surface area contributed by atoms with Crippen molar-refractivity contribution in [3.8, 4) is 0 Å². The minimum Gasteiger partial charge on any atom is -0.469 e. The van der Waals surface area contributed by atoms with E-state index in [1.165, 1.54) is 26.0 Å². The lowest BCUT2D eigenvalue weighted by molar-refractivity contribution is -0.585. The van der Waals surface area contributed by atoms with E-state index in [1.807, 2.05) is 30.3 Å². The first kappa shape index (κ1) is 16.0. The molecule has 1 aromatic carbocycles. The summed E-state index contributed by atoms with van der Waals surface area (Å²) in [5.41, 5.74) is 0. The molecule has 0 aromatic heterocycles. The second kappa shape index (κ2) is 7.53. The van der Waals surface area contributed by atoms with Crippen LogP contribution >= 0.6 is 23.7 Å². The summed E-state index contributed by atoms with van der Waals surface area (Å²) in [6, 6.07) is 9.46. The summed E-state index contributed by atoms with van der Waals surface area (Å²) in [6.45, 7) is 1.81. The molecule has 1 amide bonds. The molecule has 0 saturated carbocycles. The maximum absolute atomic E-state index is 11.7. The van der Waals surface area contributed by atoms with E-state index < -0.39 is 0 Å². The van der Waals surface area contributed by atoms with Crippen molar-refractivity contribution in [3.63, 3.8) is 0 Å². The van der Waals surface area contributed by atoms with Crippen molar-refractivity contribution in [1.29, 1.82) is 0 Å². The zero-order valence-electron chi connectivity index (χ0n) is 11.0. The molecule has 1 unspecified atom stereocenters. The summed E-state index contributed by atoms with van der Waals surface area (Å²) in [4.78, 5) is 23.7. The van der Waals surface area contributed by atoms with Gasteiger partial charge in [0.05, 0.1) is 25.3 Å². The highest BCUT2D eigenvalue weighted by Crippen LogP contribution is 2.34. The fraction of sp³-hybridized carbons (Fsp3) is 0.385. The lowest BCUT2D eigenvalue weighted by Gasteiger charge is -2.22. The van der Waals surface area contributed by atoms with Gasteiger partial charge < -0.3 is 4.74 Å². The number of amides is 1. The Morgan fingerprint density at radius 2 is 1.95 bits per heavy atom. The van der Waals surface area contributed by atoms with Gasteiger partial charge in [0.25, 0.3) is 0 Å². The van der Waals surface area contributed by atoms with Crippen LogP contribution in [0.3, 0.4) is 0 Å². The third-order valence-corrected chi connectivity index (χ3v) is 4.34. The summed E-state index contributed by atoms with van der Waals surface area (Å²) in [7, 11) is 1.34. The first-order valence-electron chi connectivity index (χ1n) is 5.88. The smallest absolute Gasteiger partial charge is 0.340 e. The van der Waals surface area contributed by atoms with Crippen LogP contribution in [0.25, 0.3) is 0 Å². The summed E-state index contributed by atoms with van der Waals surface area (Å²) in [5.74, 6) is -0.461. The quantitative estimate of drug-likeness (QED) is 0.460. The fourth-order valence-corrected chi connectivity index (χ4v) is 2.77. The van der Waals surface area contributed by atoms with Gasteiger partial charge in [-0.2, -0.15) is 0 Å². The Morgan fingerprint density at radius 3 is 2.47 bits per heavy atom. The van der Waals surface area contributed by atoms with Crippen molar-refractivity contribution in [2.24, 2.45) is 0 Å². The monoisotopic (exact) mass is 302 g/mol. The number of quaternary nitrogens is 1. The van der Waals surface area contributed by atoms with E-state index in [-0.39, 0.29) is 21.7 Å². The Kier molecular flexibility index (Phi) is 6.34. The van der Waals surface area contributed by atoms with Crippen LogP contribution in [-0.2, 0) is 14.3 Å². The van der Waals surface area contributed by atoms with Crippen LogP contribution in [-0.4, -0.2) is 28.9 Å². The first-order chi connectivity index (χ1) is 8.98. The highest BCUT2D eigenvalue weighted by molar-refractivity contribution is 7.94. The molecule has 4 nitrogen and oxygen atoms in total. The van der Waals surface area contributed by atoms with Crippen LogP contribution in [0, 0.1) is 0 Å². The second-order valence-electron chi connectivity index (χ2n) is 3.98. The van der Waals surface area contributed by atoms with Crippen molar-refractivity contribution in [3.05, 3.63) is 30.3 Å². The van der Waals surface area contributed by atoms with E-state index in [0.29, 0.717) is 13.0 Å². The summed E-state index contributed by atoms with van der Waals surface area (Å²) >= 11 is 7.59. The molecule has 0 saturated heterocycles. The average Bonchev–Trinajstić information content (AvgIpc) is 2.39. The fourth-order valence-electron chi connectivity index (χ4n) is 1.44. The van der Waals surface area contributed by atoms with Crippen molar-refractivity contribution in [2.75, 3.05) is 13.7 Å². The van der Waals surface area contributed by atoms with E-state index >= 15 is 0 Å². The van der Waals surface area contributed by atoms with Gasteiger partial charge in [0.2, 0.25) is 0 Å². The van der Waals surface area contributed by atoms with Gasteiger partial charge in [-0.05, 0) is 12.1 Å². The van der Waals surface area contributed by atoms with Gasteiger partial charge in [-0.15, -0.1) is 0 Å². The molecule has 104 valence electrons. The largest absolute Gasteiger partial charge is 0.469 e. The molecule has 0 N–H and O–H groups in total. The lowest BCUT2D eigenvalue weighted by Crippen LogP contribution is -2.36. The van der Waals surface area contributed by atoms with Crippen LogP contribution in [0.4, 0.5) is 0 Å². The minimum atomic E-state index is -0.305. The molecule has 0 fully saturated rings. The Hall–Kier alpha value is -1.04. The van der Waals surface area contributed by atoms with Gasteiger partial charge in [0, 0.05) is 6.42 Å². The van der Waals surface area contributed by atoms with Crippen LogP contribution in [0.2, 0.25) is 0 Å². The van der Waals surface area contributed by atoms with Gasteiger partial charge in [-0.3, -0.25) is 4.79 Å². The molecule has 0 aliphatic rings. The summed E-state index contributed by atoms with van der Waals surface area (Å²) in [6.07, 6.45) is 0.751. The van der Waals surface area contributed by atoms with E-state index in [0.717, 1.165) is 4.90 Å². The number of esters is 1. The average molecular weight is 303 g/mol. The number of halogens is 1. The van der Waals surface area contributed by atoms with Crippen molar-refractivity contribution < 1.29 is 17.7 Å². The molecule has 0 aliphatic carbocycles. The molecular weight excluding hydrogens is 286 g/mol. The van der Waals surface area contributed by atoms with Crippen LogP contribution in [0.1, 0.15) is 19.8 Å². The van der Waals surface area contributed by atoms with Gasteiger partial charge in [0.15, 0.2) is 11.8 Å². The molecule has 0 bridgehead atoms. The molecular formula is C13H17ClNO3S+. The standard InChI is InChI=1S/C13H17ClNO3S/c1-11(16)15(14,10-6-9-13(17)18-2)19-12-7-4-3-5-8-12/h3-5,7-8H,6,9-10H2,1-2H3/q+1. The number of methoxy groups -OCH3 is 1. The highest BCUT2D eigenvalue weighted by atomic mass is 35.5. The number of carbonyl (C=O) groups excluding carboxylic acids is 2. The number of nitrogens with zero attached hydrogens (tertiary/aromatic N) is 1. The van der Waals surface area contributed by atoms with Gasteiger partial charge in [-0.1, -0.05) is 21.6 Å². The molecule has 0 radical (unpaired) electrons. The van der Waals surface area contributed by atoms with Crippen LogP contribution in [0.15, 0.2) is 35.2 Å². The van der Waals surface area contributed by atoms with Gasteiger partial charge in [0.1, 0.15) is 18.5 Å². The maximum atomic E-state index is 11.7. The first-order valence-corrected chi connectivity index (χ1v) is 6.99. The Balaban J connectivity index is 2.64. The highest BCUT2D eigenvalue weighted by Gasteiger charge is 2.35. The Labute approximate surface area is 122 Å². The zero-order valence-corrected chi connectivity index (χ0v) is 12.5. The van der Waals surface area contributed by atoms with Gasteiger partial charge in [-0.25, -0.2) is 4.79 Å². The molecule has 0 aliphatic heterocycles. The molecule has 1 aromatic rings. The van der Waals surface area contributed by atoms with E-state index in [2.05, 4.69) is 4.74 Å². The number of hydrogen-bond donors (Lipinski definition) is 0. The molecule has 6 heteroatoms. The topological polar surface area (TPSA) is 43.4 Å². The molecule has 1 atom stereocenters. The number of hydrogen-bond acceptors (Lipinski definition) is 4. The molecule has 1 rings (SSSR count). The third-order valence-electron chi connectivity index (χ3n) is 2.52. The third kappa shape index (κ3) is 5.22. The number of rotatable bonds is 6. The van der Waals surface area contributed by atoms with Crippen molar-refractivity contribution in [1.82, 2.24) is 0 Å². The number of carbonyl (C=O) groups is 2. The molecule has 0 spiro atoms. The zero-order chi connectivity index (χ0) is 14.3. The Morgan fingerprint density at radius 1 is 1.32 bits per heavy atom. The molecule has 19 heavy (non-hydrogen) atoms. The van der Waals surface area contributed by atoms with Crippen molar-refractivity contribution >= 4 is 35.6 Å². The summed E-state index contributed by atoms with van der Waals surface area (Å²) in [5, 5.41) is 0. The van der Waals surface area contributed by atoms with Crippen LogP contribution in [0.5, 0.6) is 0 Å². The maximum Gasteiger partial charge on any atom is 0.340 e. The second-order valence-corrected chi connectivity index (χ2v) is 6.03. The minimum absolute atomic E-state index is 0.166. The van der Waals surface area contributed by atoms with Gasteiger partial charge >= 0.3 is 11.9 Å². The number of benzene rings is 1. The SMILES string of the molecule is COC(=O)CCC[N+](Cl)(Sc1ccccc1)C(C)=O. The van der Waals surface area contributed by atoms with E-state index in [9.17, 15) is 9.59 Å². The predicted octanol–water partition coefficient (Wildman–Crippen LogP) is 3.16. The lowest BCUT2D eigenvalue weighted by atomic mass is 10.3. The summed E-state index contributed by atoms with van der Waals surface area (Å²) < 4.78 is 4.26. The van der Waals surface area contributed by atoms with Crippen molar-refractivity contribution in [2.45, 2.75) is 24.7 Å². The van der Waals surface area contributed by atoms with Crippen LogP contribution < -0.4 is 0 Å². The Bertz CT molecular complexity index is 441. The predicted molar refractivity (Wildman–Crippen MR) is 75.2 cm³/mol. The molecule has 0 heterocycles. The number of ether oxygens (including phenoxy) is 1. The van der Waals surface area contributed by atoms with E-state index in [1.54, 1.807) is 0 Å². The van der Waals surface area contributed by atoms with E-state index in [4.69, 9.17) is 11.8 Å². The normalized spacial score (nSPS) is 13.6.